The average molecular weight is 462 g/mol. The summed E-state index contributed by atoms with van der Waals surface area (Å²) in [5.74, 6) is 4.73. The molecule has 4 nitrogen and oxygen atoms in total. The third-order valence-corrected chi connectivity index (χ3v) is 8.79. The minimum Gasteiger partial charge on any atom is -0.496 e. The maximum Gasteiger partial charge on any atom is 0.156 e. The third-order valence-electron chi connectivity index (χ3n) is 8.79. The molecule has 4 aliphatic rings. The van der Waals surface area contributed by atoms with Gasteiger partial charge in [-0.15, -0.1) is 12.3 Å². The Kier molecular flexibility index (Phi) is 6.97. The fraction of sp³-hybridized carbons (Fsp3) is 0.567. The minimum absolute atomic E-state index is 0.0592. The van der Waals surface area contributed by atoms with Crippen LogP contribution in [0.3, 0.4) is 0 Å². The number of nitrogens with zero attached hydrogens (tertiary/aromatic N) is 1. The quantitative estimate of drug-likeness (QED) is 0.590. The van der Waals surface area contributed by atoms with Gasteiger partial charge in [0.15, 0.2) is 5.78 Å². The van der Waals surface area contributed by atoms with Crippen LogP contribution in [0.1, 0.15) is 70.3 Å². The number of hydrogen-bond donors (Lipinski definition) is 1. The highest BCUT2D eigenvalue weighted by atomic mass is 16.5. The van der Waals surface area contributed by atoms with Crippen molar-refractivity contribution in [3.8, 4) is 18.1 Å². The number of aliphatic hydroxyl groups excluding tert-OH is 1. The van der Waals surface area contributed by atoms with E-state index in [1.165, 1.54) is 16.7 Å². The number of rotatable bonds is 3. The molecule has 1 aromatic rings. The molecule has 5 rings (SSSR count). The fourth-order valence-electron chi connectivity index (χ4n) is 7.18. The van der Waals surface area contributed by atoms with Crippen LogP contribution in [0.2, 0.25) is 0 Å². The molecule has 2 saturated carbocycles. The second kappa shape index (κ2) is 9.62. The first kappa shape index (κ1) is 24.6. The molecule has 34 heavy (non-hydrogen) atoms. The number of fused-ring (bicyclic) bond motifs is 4. The lowest BCUT2D eigenvalue weighted by Crippen LogP contribution is -2.45. The van der Waals surface area contributed by atoms with Crippen molar-refractivity contribution in [2.24, 2.45) is 17.3 Å². The lowest BCUT2D eigenvalue weighted by atomic mass is 9.53. The number of ether oxygens (including phenoxy) is 1. The lowest BCUT2D eigenvalue weighted by Gasteiger charge is -2.52. The zero-order chi connectivity index (χ0) is 24.6. The van der Waals surface area contributed by atoms with Crippen molar-refractivity contribution in [3.05, 3.63) is 46.6 Å². The summed E-state index contributed by atoms with van der Waals surface area (Å²) in [5, 5.41) is 11.0. The third kappa shape index (κ3) is 4.09. The number of methoxy groups -OCH3 is 1. The molecule has 0 spiro atoms. The van der Waals surface area contributed by atoms with Crippen LogP contribution in [0.4, 0.5) is 5.69 Å². The maximum atomic E-state index is 12.2. The SMILES string of the molecule is C#CC.COc1cc(N(C)C)ccc1C1CC2(C)C(O)CCC2C2CCC3=CC(=O)CCC3=C12. The zero-order valence-electron chi connectivity index (χ0n) is 21.4. The van der Waals surface area contributed by atoms with E-state index in [1.54, 1.807) is 19.6 Å². The van der Waals surface area contributed by atoms with E-state index in [0.29, 0.717) is 18.3 Å². The zero-order valence-corrected chi connectivity index (χ0v) is 21.4. The lowest BCUT2D eigenvalue weighted by molar-refractivity contribution is -0.114. The standard InChI is InChI=1S/C27H35NO3.C3H4/c1-27-15-22(20-9-6-17(28(2)3)14-24(20)31-4)26-19-10-7-18(29)13-16(19)5-8-21(26)23(27)11-12-25(27)30;1-3-2/h6,9,13-14,21-23,25,30H,5,7-8,10-12,15H2,1-4H3;1H,2H3. The molecule has 2 fully saturated rings. The van der Waals surface area contributed by atoms with Crippen molar-refractivity contribution < 1.29 is 14.6 Å². The first-order valence-corrected chi connectivity index (χ1v) is 12.6. The molecule has 0 aliphatic heterocycles. The van der Waals surface area contributed by atoms with Crippen molar-refractivity contribution in [2.75, 3.05) is 26.1 Å². The Bertz CT molecular complexity index is 1060. The van der Waals surface area contributed by atoms with Gasteiger partial charge >= 0.3 is 0 Å². The van der Waals surface area contributed by atoms with Crippen LogP contribution in [0.5, 0.6) is 5.75 Å². The molecular formula is C30H39NO3. The number of allylic oxidation sites excluding steroid dienone is 4. The van der Waals surface area contributed by atoms with E-state index in [2.05, 4.69) is 42.4 Å². The smallest absolute Gasteiger partial charge is 0.156 e. The van der Waals surface area contributed by atoms with E-state index in [1.807, 2.05) is 20.2 Å². The van der Waals surface area contributed by atoms with Gasteiger partial charge in [-0.2, -0.15) is 0 Å². The Morgan fingerprint density at radius 3 is 2.59 bits per heavy atom. The molecule has 5 unspecified atom stereocenters. The van der Waals surface area contributed by atoms with E-state index < -0.39 is 0 Å². The molecule has 0 bridgehead atoms. The maximum absolute atomic E-state index is 12.2. The van der Waals surface area contributed by atoms with Crippen molar-refractivity contribution >= 4 is 11.5 Å². The summed E-state index contributed by atoms with van der Waals surface area (Å²) in [5.41, 5.74) is 6.58. The van der Waals surface area contributed by atoms with Gasteiger partial charge in [-0.25, -0.2) is 0 Å². The number of ketones is 1. The Hall–Kier alpha value is -2.51. The van der Waals surface area contributed by atoms with Crippen molar-refractivity contribution in [2.45, 2.75) is 70.8 Å². The van der Waals surface area contributed by atoms with Gasteiger partial charge in [0.25, 0.3) is 0 Å². The number of anilines is 1. The first-order chi connectivity index (χ1) is 16.2. The van der Waals surface area contributed by atoms with Gasteiger partial charge in [0.2, 0.25) is 0 Å². The van der Waals surface area contributed by atoms with Gasteiger partial charge in [-0.3, -0.25) is 4.79 Å². The van der Waals surface area contributed by atoms with Gasteiger partial charge in [0, 0.05) is 43.8 Å². The summed E-state index contributed by atoms with van der Waals surface area (Å²) in [6, 6.07) is 6.56. The predicted octanol–water partition coefficient (Wildman–Crippen LogP) is 5.66. The highest BCUT2D eigenvalue weighted by Crippen LogP contribution is 2.64. The van der Waals surface area contributed by atoms with Gasteiger partial charge in [-0.05, 0) is 86.0 Å². The number of aliphatic hydroxyl groups is 1. The fourth-order valence-corrected chi connectivity index (χ4v) is 7.18. The summed E-state index contributed by atoms with van der Waals surface area (Å²) >= 11 is 0. The van der Waals surface area contributed by atoms with E-state index in [0.717, 1.165) is 50.0 Å². The summed E-state index contributed by atoms with van der Waals surface area (Å²) in [4.78, 5) is 14.3. The van der Waals surface area contributed by atoms with Crippen LogP contribution in [0.15, 0.2) is 41.0 Å². The molecule has 4 aliphatic carbocycles. The molecule has 4 heteroatoms. The monoisotopic (exact) mass is 461 g/mol. The van der Waals surface area contributed by atoms with E-state index >= 15 is 0 Å². The summed E-state index contributed by atoms with van der Waals surface area (Å²) < 4.78 is 5.91. The van der Waals surface area contributed by atoms with Crippen molar-refractivity contribution in [1.82, 2.24) is 0 Å². The van der Waals surface area contributed by atoms with Gasteiger partial charge in [0.05, 0.1) is 13.2 Å². The molecule has 1 N–H and O–H groups in total. The van der Waals surface area contributed by atoms with Crippen molar-refractivity contribution in [3.63, 3.8) is 0 Å². The Labute approximate surface area is 205 Å². The molecule has 5 atom stereocenters. The molecule has 0 aromatic heterocycles. The number of terminal acetylenes is 1. The number of carbonyl (C=O) groups excluding carboxylic acids is 1. The van der Waals surface area contributed by atoms with Crippen LogP contribution in [0.25, 0.3) is 0 Å². The van der Waals surface area contributed by atoms with Crippen LogP contribution in [0, 0.1) is 29.6 Å². The largest absolute Gasteiger partial charge is 0.496 e. The minimum atomic E-state index is -0.233. The summed E-state index contributed by atoms with van der Waals surface area (Å²) in [7, 11) is 5.86. The van der Waals surface area contributed by atoms with Crippen LogP contribution in [-0.4, -0.2) is 38.2 Å². The molecular weight excluding hydrogens is 422 g/mol. The Morgan fingerprint density at radius 2 is 1.91 bits per heavy atom. The average Bonchev–Trinajstić information content (AvgIpc) is 3.12. The summed E-state index contributed by atoms with van der Waals surface area (Å²) in [6.45, 7) is 3.97. The number of benzene rings is 1. The van der Waals surface area contributed by atoms with E-state index in [-0.39, 0.29) is 23.2 Å². The molecule has 1 aromatic carbocycles. The second-order valence-electron chi connectivity index (χ2n) is 10.8. The predicted molar refractivity (Wildman–Crippen MR) is 138 cm³/mol. The van der Waals surface area contributed by atoms with Gasteiger partial charge in [-0.1, -0.05) is 18.6 Å². The highest BCUT2D eigenvalue weighted by molar-refractivity contribution is 5.93. The van der Waals surface area contributed by atoms with Crippen LogP contribution >= 0.6 is 0 Å². The molecule has 0 amide bonds. The second-order valence-corrected chi connectivity index (χ2v) is 10.8. The molecule has 0 radical (unpaired) electrons. The molecule has 0 heterocycles. The Morgan fingerprint density at radius 1 is 1.18 bits per heavy atom. The Balaban J connectivity index is 0.000000868. The van der Waals surface area contributed by atoms with E-state index in [4.69, 9.17) is 4.74 Å². The number of carbonyl (C=O) groups is 1. The van der Waals surface area contributed by atoms with Crippen LogP contribution < -0.4 is 9.64 Å². The molecule has 182 valence electrons. The van der Waals surface area contributed by atoms with Crippen molar-refractivity contribution in [1.29, 1.82) is 0 Å². The topological polar surface area (TPSA) is 49.8 Å². The normalized spacial score (nSPS) is 31.8. The van der Waals surface area contributed by atoms with Gasteiger partial charge in [0.1, 0.15) is 5.75 Å². The number of hydrogen-bond acceptors (Lipinski definition) is 4. The van der Waals surface area contributed by atoms with Gasteiger partial charge < -0.3 is 14.7 Å². The van der Waals surface area contributed by atoms with Crippen LogP contribution in [-0.2, 0) is 4.79 Å². The highest BCUT2D eigenvalue weighted by Gasteiger charge is 2.56. The van der Waals surface area contributed by atoms with E-state index in [9.17, 15) is 9.90 Å². The first-order valence-electron chi connectivity index (χ1n) is 12.6. The molecule has 0 saturated heterocycles. The summed E-state index contributed by atoms with van der Waals surface area (Å²) in [6.07, 6.45) is 12.9.